The smallest absolute Gasteiger partial charge is 0.110 e. The van der Waals surface area contributed by atoms with Gasteiger partial charge in [-0.1, -0.05) is 133 Å². The molecule has 6 heteroatoms. The first-order valence-electron chi connectivity index (χ1n) is 19.6. The lowest BCUT2D eigenvalue weighted by Gasteiger charge is -2.27. The number of benzene rings is 6. The van der Waals surface area contributed by atoms with E-state index in [1.165, 1.54) is 66.4 Å². The molecule has 0 saturated heterocycles. The largest absolute Gasteiger partial charge is 0.367 e. The Balaban J connectivity index is 0.998. The Bertz CT molecular complexity index is 2790. The van der Waals surface area contributed by atoms with Crippen molar-refractivity contribution in [2.75, 3.05) is 13.1 Å². The summed E-state index contributed by atoms with van der Waals surface area (Å²) < 4.78 is 4.88. The number of allylic oxidation sites excluding steroid dienone is 3. The van der Waals surface area contributed by atoms with Crippen LogP contribution in [0.2, 0.25) is 0 Å². The van der Waals surface area contributed by atoms with Gasteiger partial charge in [-0.3, -0.25) is 15.2 Å². The summed E-state index contributed by atoms with van der Waals surface area (Å²) in [7, 11) is 0. The first-order valence-corrected chi connectivity index (χ1v) is 19.6. The molecule has 2 unspecified atom stereocenters. The monoisotopic (exact) mass is 728 g/mol. The van der Waals surface area contributed by atoms with Crippen molar-refractivity contribution in [3.05, 3.63) is 198 Å². The number of nitrogens with zero attached hydrogens (tertiary/aromatic N) is 2. The summed E-state index contributed by atoms with van der Waals surface area (Å²) in [6, 6.07) is 53.8. The molecule has 0 amide bonds. The summed E-state index contributed by atoms with van der Waals surface area (Å²) in [6.45, 7) is 1.42. The SMILES string of the molecule is NC(NC(NCC1=CC=C(n2c3c(c4cc5c6ccccc6n(-c6ccccc6)c5cc42)C=CCC3)NC1)c1cccc(-c2ccccc2)c1)c1ccccc1. The molecule has 6 nitrogen and oxygen atoms in total. The van der Waals surface area contributed by atoms with E-state index in [0.717, 1.165) is 36.3 Å². The van der Waals surface area contributed by atoms with Gasteiger partial charge in [-0.05, 0) is 83.1 Å². The first kappa shape index (κ1) is 34.1. The number of aromatic nitrogens is 2. The molecule has 0 saturated carbocycles. The number of para-hydroxylation sites is 2. The molecular formula is C50H44N6. The zero-order chi connectivity index (χ0) is 37.4. The van der Waals surface area contributed by atoms with Crippen molar-refractivity contribution in [1.82, 2.24) is 25.1 Å². The second kappa shape index (κ2) is 14.7. The quantitative estimate of drug-likeness (QED) is 0.106. The molecule has 10 rings (SSSR count). The molecule has 0 bridgehead atoms. The van der Waals surface area contributed by atoms with E-state index in [-0.39, 0.29) is 12.3 Å². The molecule has 0 fully saturated rings. The van der Waals surface area contributed by atoms with E-state index >= 15 is 0 Å². The van der Waals surface area contributed by atoms with E-state index in [0.29, 0.717) is 6.54 Å². The molecule has 1 aliphatic heterocycles. The van der Waals surface area contributed by atoms with Gasteiger partial charge in [0.1, 0.15) is 5.82 Å². The van der Waals surface area contributed by atoms with Crippen molar-refractivity contribution < 1.29 is 0 Å². The zero-order valence-corrected chi connectivity index (χ0v) is 31.2. The van der Waals surface area contributed by atoms with E-state index in [2.05, 4.69) is 183 Å². The Morgan fingerprint density at radius 2 is 1.34 bits per heavy atom. The molecule has 0 radical (unpaired) electrons. The van der Waals surface area contributed by atoms with Crippen LogP contribution in [-0.2, 0) is 6.42 Å². The number of rotatable bonds is 10. The minimum atomic E-state index is -0.339. The lowest BCUT2D eigenvalue weighted by Crippen LogP contribution is -2.41. The number of dihydropyridines is 1. The summed E-state index contributed by atoms with van der Waals surface area (Å²) >= 11 is 0. The van der Waals surface area contributed by atoms with Gasteiger partial charge in [0.05, 0.1) is 28.9 Å². The number of nitrogens with one attached hydrogen (secondary N) is 3. The molecule has 274 valence electrons. The molecule has 0 spiro atoms. The highest BCUT2D eigenvalue weighted by Crippen LogP contribution is 2.40. The highest BCUT2D eigenvalue weighted by atomic mass is 15.2. The summed E-state index contributed by atoms with van der Waals surface area (Å²) in [4.78, 5) is 0. The summed E-state index contributed by atoms with van der Waals surface area (Å²) in [6.07, 6.45) is 10.7. The summed E-state index contributed by atoms with van der Waals surface area (Å²) in [5, 5.41) is 15.2. The molecule has 2 aliphatic rings. The number of nitrogens with two attached hydrogens (primary N) is 1. The second-order valence-electron chi connectivity index (χ2n) is 14.8. The van der Waals surface area contributed by atoms with E-state index in [9.17, 15) is 0 Å². The van der Waals surface area contributed by atoms with Gasteiger partial charge < -0.3 is 15.6 Å². The van der Waals surface area contributed by atoms with Crippen LogP contribution in [0.3, 0.4) is 0 Å². The number of hydrogen-bond acceptors (Lipinski definition) is 4. The molecule has 1 aliphatic carbocycles. The number of hydrogen-bond donors (Lipinski definition) is 4. The van der Waals surface area contributed by atoms with Gasteiger partial charge in [-0.25, -0.2) is 0 Å². The minimum absolute atomic E-state index is 0.175. The van der Waals surface area contributed by atoms with Gasteiger partial charge in [0.25, 0.3) is 0 Å². The molecule has 3 heterocycles. The third-order valence-corrected chi connectivity index (χ3v) is 11.3. The van der Waals surface area contributed by atoms with E-state index < -0.39 is 0 Å². The molecule has 5 N–H and O–H groups in total. The minimum Gasteiger partial charge on any atom is -0.367 e. The number of fused-ring (bicyclic) bond motifs is 6. The third kappa shape index (κ3) is 6.24. The van der Waals surface area contributed by atoms with Gasteiger partial charge in [-0.15, -0.1) is 0 Å². The van der Waals surface area contributed by atoms with Crippen molar-refractivity contribution in [2.45, 2.75) is 25.2 Å². The Morgan fingerprint density at radius 1 is 0.625 bits per heavy atom. The van der Waals surface area contributed by atoms with Gasteiger partial charge in [-0.2, -0.15) is 0 Å². The van der Waals surface area contributed by atoms with Crippen LogP contribution >= 0.6 is 0 Å². The van der Waals surface area contributed by atoms with Crippen molar-refractivity contribution in [1.29, 1.82) is 0 Å². The average Bonchev–Trinajstić information content (AvgIpc) is 3.77. The van der Waals surface area contributed by atoms with Crippen LogP contribution in [0.15, 0.2) is 175 Å². The molecular weight excluding hydrogens is 685 g/mol. The summed E-state index contributed by atoms with van der Waals surface area (Å²) in [5.41, 5.74) is 20.1. The molecule has 6 aromatic carbocycles. The van der Waals surface area contributed by atoms with Crippen LogP contribution in [-0.4, -0.2) is 22.2 Å². The van der Waals surface area contributed by atoms with Crippen LogP contribution in [0.4, 0.5) is 0 Å². The maximum Gasteiger partial charge on any atom is 0.110 e. The standard InChI is InChI=1S/C50H44N6/c51-49(36-17-6-2-7-18-36)54-50(38-20-14-19-37(29-38)35-15-4-1-5-16-35)53-33-34-27-28-48(52-32-34)56-45-26-13-11-24-41(45)43-30-42-40-23-10-12-25-44(40)55(46(42)31-47(43)56)39-21-8-3-9-22-39/h1-12,14-25,27-31,49-50,52-54H,13,26,32-33,51H2. The van der Waals surface area contributed by atoms with Crippen molar-refractivity contribution in [2.24, 2.45) is 5.73 Å². The van der Waals surface area contributed by atoms with E-state index in [4.69, 9.17) is 5.73 Å². The Morgan fingerprint density at radius 3 is 2.14 bits per heavy atom. The molecule has 2 aromatic heterocycles. The highest BCUT2D eigenvalue weighted by Gasteiger charge is 2.24. The lowest BCUT2D eigenvalue weighted by atomic mass is 10.0. The van der Waals surface area contributed by atoms with Gasteiger partial charge in [0.15, 0.2) is 0 Å². The fourth-order valence-corrected chi connectivity index (χ4v) is 8.57. The van der Waals surface area contributed by atoms with Crippen molar-refractivity contribution in [3.63, 3.8) is 0 Å². The Hall–Kier alpha value is -6.44. The topological polar surface area (TPSA) is 72.0 Å². The first-order chi connectivity index (χ1) is 27.7. The Kier molecular flexibility index (Phi) is 8.92. The zero-order valence-electron chi connectivity index (χ0n) is 31.2. The van der Waals surface area contributed by atoms with Crippen molar-refractivity contribution in [3.8, 4) is 16.8 Å². The molecule has 2 atom stereocenters. The third-order valence-electron chi connectivity index (χ3n) is 11.3. The Labute approximate surface area is 327 Å². The van der Waals surface area contributed by atoms with Crippen LogP contribution in [0.25, 0.3) is 61.4 Å². The van der Waals surface area contributed by atoms with Crippen LogP contribution in [0, 0.1) is 0 Å². The molecule has 56 heavy (non-hydrogen) atoms. The van der Waals surface area contributed by atoms with Crippen molar-refractivity contribution >= 4 is 44.6 Å². The second-order valence-corrected chi connectivity index (χ2v) is 14.8. The summed E-state index contributed by atoms with van der Waals surface area (Å²) in [5.74, 6) is 1.10. The predicted molar refractivity (Wildman–Crippen MR) is 233 cm³/mol. The normalized spacial score (nSPS) is 15.0. The van der Waals surface area contributed by atoms with Crippen LogP contribution in [0.5, 0.6) is 0 Å². The van der Waals surface area contributed by atoms with Crippen LogP contribution < -0.4 is 21.7 Å². The fourth-order valence-electron chi connectivity index (χ4n) is 8.57. The fraction of sp³-hybridized carbons (Fsp3) is 0.120. The predicted octanol–water partition coefficient (Wildman–Crippen LogP) is 10.2. The van der Waals surface area contributed by atoms with Gasteiger partial charge >= 0.3 is 0 Å². The van der Waals surface area contributed by atoms with Crippen LogP contribution in [0.1, 0.15) is 41.1 Å². The highest BCUT2D eigenvalue weighted by molar-refractivity contribution is 6.15. The van der Waals surface area contributed by atoms with Gasteiger partial charge in [0.2, 0.25) is 0 Å². The lowest BCUT2D eigenvalue weighted by molar-refractivity contribution is 0.396. The maximum absolute atomic E-state index is 6.77. The van der Waals surface area contributed by atoms with E-state index in [1.54, 1.807) is 0 Å². The average molecular weight is 729 g/mol. The molecule has 8 aromatic rings. The maximum atomic E-state index is 6.77. The van der Waals surface area contributed by atoms with Gasteiger partial charge in [0, 0.05) is 46.2 Å². The van der Waals surface area contributed by atoms with E-state index in [1.807, 2.05) is 18.2 Å².